The number of anilines is 1. The van der Waals surface area contributed by atoms with Crippen LogP contribution in [0.1, 0.15) is 16.1 Å². The van der Waals surface area contributed by atoms with Crippen LogP contribution < -0.4 is 5.32 Å². The van der Waals surface area contributed by atoms with Crippen LogP contribution in [-0.4, -0.2) is 27.4 Å². The smallest absolute Gasteiger partial charge is 0.337 e. The number of aryl methyl sites for hydroxylation is 1. The lowest BCUT2D eigenvalue weighted by atomic mass is 10.1. The Balaban J connectivity index is 2.05. The van der Waals surface area contributed by atoms with E-state index in [2.05, 4.69) is 10.4 Å². The molecule has 5 nitrogen and oxygen atoms in total. The molecule has 0 aliphatic rings. The monoisotopic (exact) mass is 263 g/mol. The second-order valence-electron chi connectivity index (χ2n) is 4.13. The Morgan fingerprint density at radius 1 is 1.47 bits per heavy atom. The number of aromatic nitrogens is 2. The molecule has 0 aliphatic heterocycles. The maximum atomic E-state index is 13.6. The van der Waals surface area contributed by atoms with Gasteiger partial charge in [-0.25, -0.2) is 9.18 Å². The van der Waals surface area contributed by atoms with Crippen molar-refractivity contribution in [1.82, 2.24) is 9.78 Å². The van der Waals surface area contributed by atoms with Gasteiger partial charge < -0.3 is 10.4 Å². The van der Waals surface area contributed by atoms with Crippen LogP contribution in [0, 0.1) is 5.82 Å². The van der Waals surface area contributed by atoms with Crippen LogP contribution >= 0.6 is 0 Å². The van der Waals surface area contributed by atoms with Crippen molar-refractivity contribution in [2.24, 2.45) is 7.05 Å². The Morgan fingerprint density at radius 2 is 2.26 bits per heavy atom. The lowest BCUT2D eigenvalue weighted by Crippen LogP contribution is -2.11. The molecule has 6 heteroatoms. The molecule has 100 valence electrons. The summed E-state index contributed by atoms with van der Waals surface area (Å²) in [5.41, 5.74) is 0.815. The van der Waals surface area contributed by atoms with Gasteiger partial charge in [-0.05, 0) is 18.2 Å². The second-order valence-corrected chi connectivity index (χ2v) is 4.13. The van der Waals surface area contributed by atoms with E-state index in [-0.39, 0.29) is 11.3 Å². The molecule has 1 heterocycles. The van der Waals surface area contributed by atoms with Gasteiger partial charge >= 0.3 is 5.97 Å². The molecule has 2 rings (SSSR count). The lowest BCUT2D eigenvalue weighted by Gasteiger charge is -2.09. The second kappa shape index (κ2) is 5.51. The van der Waals surface area contributed by atoms with Gasteiger partial charge in [0.05, 0.1) is 16.9 Å². The van der Waals surface area contributed by atoms with Crippen molar-refractivity contribution in [3.63, 3.8) is 0 Å². The molecule has 0 spiro atoms. The molecule has 0 bridgehead atoms. The van der Waals surface area contributed by atoms with E-state index in [0.717, 1.165) is 5.69 Å². The summed E-state index contributed by atoms with van der Waals surface area (Å²) < 4.78 is 15.3. The average Bonchev–Trinajstić information content (AvgIpc) is 2.77. The number of halogens is 1. The molecule has 0 unspecified atom stereocenters. The van der Waals surface area contributed by atoms with Crippen molar-refractivity contribution >= 4 is 11.7 Å². The van der Waals surface area contributed by atoms with Crippen LogP contribution in [0.15, 0.2) is 30.5 Å². The van der Waals surface area contributed by atoms with Gasteiger partial charge in [0.1, 0.15) is 5.82 Å². The van der Waals surface area contributed by atoms with Crippen LogP contribution in [0.4, 0.5) is 10.1 Å². The molecular formula is C13H14FN3O2. The quantitative estimate of drug-likeness (QED) is 0.864. The summed E-state index contributed by atoms with van der Waals surface area (Å²) in [5, 5.41) is 16.0. The highest BCUT2D eigenvalue weighted by atomic mass is 19.1. The summed E-state index contributed by atoms with van der Waals surface area (Å²) in [6.07, 6.45) is 2.41. The number of carboxylic acid groups (broad SMARTS) is 1. The largest absolute Gasteiger partial charge is 0.478 e. The number of nitrogens with zero attached hydrogens (tertiary/aromatic N) is 2. The number of hydrogen-bond donors (Lipinski definition) is 2. The van der Waals surface area contributed by atoms with Crippen molar-refractivity contribution in [3.8, 4) is 0 Å². The Bertz CT molecular complexity index is 595. The van der Waals surface area contributed by atoms with Crippen LogP contribution in [0.2, 0.25) is 0 Å². The van der Waals surface area contributed by atoms with E-state index in [1.807, 2.05) is 19.3 Å². The van der Waals surface area contributed by atoms with Gasteiger partial charge in [0, 0.05) is 26.2 Å². The predicted molar refractivity (Wildman–Crippen MR) is 68.8 cm³/mol. The average molecular weight is 263 g/mol. The molecular weight excluding hydrogens is 249 g/mol. The standard InChI is InChI=1S/C13H14FN3O2/c1-17-8-6-9(16-17)5-7-15-12-10(13(18)19)3-2-4-11(12)14/h2-4,6,8,15H,5,7H2,1H3,(H,18,19). The summed E-state index contributed by atoms with van der Waals surface area (Å²) in [7, 11) is 1.82. The number of rotatable bonds is 5. The third-order valence-corrected chi connectivity index (χ3v) is 2.70. The van der Waals surface area contributed by atoms with Gasteiger partial charge in [-0.1, -0.05) is 6.07 Å². The number of benzene rings is 1. The third kappa shape index (κ3) is 3.09. The topological polar surface area (TPSA) is 67.2 Å². The van der Waals surface area contributed by atoms with Crippen LogP contribution in [0.5, 0.6) is 0 Å². The third-order valence-electron chi connectivity index (χ3n) is 2.70. The van der Waals surface area contributed by atoms with Gasteiger partial charge in [0.25, 0.3) is 0 Å². The predicted octanol–water partition coefficient (Wildman–Crippen LogP) is 1.91. The molecule has 19 heavy (non-hydrogen) atoms. The summed E-state index contributed by atoms with van der Waals surface area (Å²) in [5.74, 6) is -1.72. The Labute approximate surface area is 109 Å². The maximum Gasteiger partial charge on any atom is 0.337 e. The summed E-state index contributed by atoms with van der Waals surface area (Å²) in [6, 6.07) is 5.84. The van der Waals surface area contributed by atoms with Crippen molar-refractivity contribution in [2.45, 2.75) is 6.42 Å². The highest BCUT2D eigenvalue weighted by Gasteiger charge is 2.13. The van der Waals surface area contributed by atoms with Gasteiger partial charge in [-0.2, -0.15) is 5.10 Å². The maximum absolute atomic E-state index is 13.6. The first-order valence-corrected chi connectivity index (χ1v) is 5.82. The zero-order valence-corrected chi connectivity index (χ0v) is 10.4. The van der Waals surface area contributed by atoms with E-state index >= 15 is 0 Å². The molecule has 0 saturated carbocycles. The molecule has 0 saturated heterocycles. The molecule has 0 atom stereocenters. The Kier molecular flexibility index (Phi) is 3.79. The van der Waals surface area contributed by atoms with Crippen molar-refractivity contribution in [1.29, 1.82) is 0 Å². The molecule has 2 N–H and O–H groups in total. The summed E-state index contributed by atoms with van der Waals surface area (Å²) >= 11 is 0. The van der Waals surface area contributed by atoms with Gasteiger partial charge in [-0.15, -0.1) is 0 Å². The van der Waals surface area contributed by atoms with Crippen molar-refractivity contribution in [2.75, 3.05) is 11.9 Å². The highest BCUT2D eigenvalue weighted by Crippen LogP contribution is 2.19. The molecule has 1 aromatic heterocycles. The normalized spacial score (nSPS) is 10.4. The minimum absolute atomic E-state index is 0.0194. The van der Waals surface area contributed by atoms with E-state index in [1.54, 1.807) is 4.68 Å². The Hall–Kier alpha value is -2.37. The number of carboxylic acids is 1. The number of aromatic carboxylic acids is 1. The van der Waals surface area contributed by atoms with E-state index in [1.165, 1.54) is 18.2 Å². The number of carbonyl (C=O) groups is 1. The fourth-order valence-electron chi connectivity index (χ4n) is 1.79. The van der Waals surface area contributed by atoms with E-state index in [0.29, 0.717) is 13.0 Å². The van der Waals surface area contributed by atoms with Crippen molar-refractivity contribution < 1.29 is 14.3 Å². The molecule has 1 aromatic carbocycles. The van der Waals surface area contributed by atoms with Crippen LogP contribution in [0.3, 0.4) is 0 Å². The van der Waals surface area contributed by atoms with Gasteiger partial charge in [0.15, 0.2) is 0 Å². The van der Waals surface area contributed by atoms with E-state index in [9.17, 15) is 9.18 Å². The van der Waals surface area contributed by atoms with Crippen molar-refractivity contribution in [3.05, 3.63) is 47.5 Å². The first-order chi connectivity index (χ1) is 9.08. The first kappa shape index (κ1) is 13.1. The molecule has 0 aliphatic carbocycles. The fraction of sp³-hybridized carbons (Fsp3) is 0.231. The molecule has 0 radical (unpaired) electrons. The number of nitrogens with one attached hydrogen (secondary N) is 1. The Morgan fingerprint density at radius 3 is 2.89 bits per heavy atom. The van der Waals surface area contributed by atoms with Gasteiger partial charge in [-0.3, -0.25) is 4.68 Å². The fourth-order valence-corrected chi connectivity index (χ4v) is 1.79. The van der Waals surface area contributed by atoms with E-state index in [4.69, 9.17) is 5.11 Å². The number of hydrogen-bond acceptors (Lipinski definition) is 3. The minimum Gasteiger partial charge on any atom is -0.478 e. The van der Waals surface area contributed by atoms with Crippen LogP contribution in [-0.2, 0) is 13.5 Å². The zero-order chi connectivity index (χ0) is 13.8. The number of para-hydroxylation sites is 1. The highest BCUT2D eigenvalue weighted by molar-refractivity contribution is 5.94. The SMILES string of the molecule is Cn1ccc(CCNc2c(F)cccc2C(=O)O)n1. The summed E-state index contributed by atoms with van der Waals surface area (Å²) in [6.45, 7) is 0.415. The summed E-state index contributed by atoms with van der Waals surface area (Å²) in [4.78, 5) is 11.0. The first-order valence-electron chi connectivity index (χ1n) is 5.82. The minimum atomic E-state index is -1.15. The zero-order valence-electron chi connectivity index (χ0n) is 10.4. The molecule has 0 amide bonds. The molecule has 0 fully saturated rings. The van der Waals surface area contributed by atoms with E-state index < -0.39 is 11.8 Å². The van der Waals surface area contributed by atoms with Gasteiger partial charge in [0.2, 0.25) is 0 Å². The molecule has 2 aromatic rings. The van der Waals surface area contributed by atoms with Crippen LogP contribution in [0.25, 0.3) is 0 Å². The lowest BCUT2D eigenvalue weighted by molar-refractivity contribution is 0.0697.